The number of ether oxygens (including phenoxy) is 1. The number of nitrogens with zero attached hydrogens (tertiary/aromatic N) is 2. The highest BCUT2D eigenvalue weighted by Crippen LogP contribution is 2.25. The largest absolute Gasteiger partial charge is 0.496 e. The summed E-state index contributed by atoms with van der Waals surface area (Å²) in [5.74, 6) is 0.246. The second-order valence-electron chi connectivity index (χ2n) is 3.84. The van der Waals surface area contributed by atoms with Gasteiger partial charge in [0.25, 0.3) is 5.91 Å². The Balaban J connectivity index is 2.09. The fourth-order valence-corrected chi connectivity index (χ4v) is 1.93. The maximum Gasteiger partial charge on any atom is 0.272 e. The van der Waals surface area contributed by atoms with Gasteiger partial charge in [0.2, 0.25) is 0 Å². The van der Waals surface area contributed by atoms with E-state index in [9.17, 15) is 4.79 Å². The summed E-state index contributed by atoms with van der Waals surface area (Å²) in [7, 11) is 1.54. The van der Waals surface area contributed by atoms with Crippen molar-refractivity contribution in [3.8, 4) is 5.75 Å². The van der Waals surface area contributed by atoms with E-state index in [-0.39, 0.29) is 23.3 Å². The van der Waals surface area contributed by atoms with Crippen molar-refractivity contribution in [1.29, 1.82) is 0 Å². The SMILES string of the molecule is COc1cccc(Cl)c1CNC(=O)c1ccc(Cl)nn1. The number of benzene rings is 1. The van der Waals surface area contributed by atoms with Crippen molar-refractivity contribution in [2.24, 2.45) is 0 Å². The first-order valence-electron chi connectivity index (χ1n) is 5.70. The van der Waals surface area contributed by atoms with Gasteiger partial charge in [-0.1, -0.05) is 29.3 Å². The molecule has 0 aliphatic rings. The minimum Gasteiger partial charge on any atom is -0.496 e. The van der Waals surface area contributed by atoms with E-state index in [0.717, 1.165) is 0 Å². The van der Waals surface area contributed by atoms with Gasteiger partial charge >= 0.3 is 0 Å². The summed E-state index contributed by atoms with van der Waals surface area (Å²) in [5, 5.41) is 10.8. The molecule has 0 bridgehead atoms. The maximum atomic E-state index is 11.9. The molecule has 104 valence electrons. The number of carbonyl (C=O) groups excluding carboxylic acids is 1. The zero-order valence-electron chi connectivity index (χ0n) is 10.6. The van der Waals surface area contributed by atoms with Crippen LogP contribution >= 0.6 is 23.2 Å². The van der Waals surface area contributed by atoms with E-state index in [1.54, 1.807) is 25.3 Å². The topological polar surface area (TPSA) is 64.1 Å². The third-order valence-corrected chi connectivity index (χ3v) is 3.14. The number of amides is 1. The van der Waals surface area contributed by atoms with E-state index in [2.05, 4.69) is 15.5 Å². The third-order valence-electron chi connectivity index (χ3n) is 2.59. The van der Waals surface area contributed by atoms with Crippen LogP contribution in [0.2, 0.25) is 10.2 Å². The lowest BCUT2D eigenvalue weighted by atomic mass is 10.2. The second kappa shape index (κ2) is 6.54. The van der Waals surface area contributed by atoms with Gasteiger partial charge in [-0.2, -0.15) is 0 Å². The average Bonchev–Trinajstić information content (AvgIpc) is 2.46. The quantitative estimate of drug-likeness (QED) is 0.943. The van der Waals surface area contributed by atoms with Crippen LogP contribution in [0, 0.1) is 0 Å². The van der Waals surface area contributed by atoms with Crippen LogP contribution in [0.4, 0.5) is 0 Å². The van der Waals surface area contributed by atoms with Gasteiger partial charge in [-0.05, 0) is 24.3 Å². The van der Waals surface area contributed by atoms with Crippen molar-refractivity contribution in [1.82, 2.24) is 15.5 Å². The fraction of sp³-hybridized carbons (Fsp3) is 0.154. The van der Waals surface area contributed by atoms with E-state index >= 15 is 0 Å². The molecule has 20 heavy (non-hydrogen) atoms. The Bertz CT molecular complexity index is 618. The number of hydrogen-bond acceptors (Lipinski definition) is 4. The molecule has 7 heteroatoms. The molecule has 2 rings (SSSR count). The van der Waals surface area contributed by atoms with Crippen molar-refractivity contribution >= 4 is 29.1 Å². The lowest BCUT2D eigenvalue weighted by Gasteiger charge is -2.11. The first kappa shape index (κ1) is 14.6. The third kappa shape index (κ3) is 3.37. The van der Waals surface area contributed by atoms with Crippen LogP contribution < -0.4 is 10.1 Å². The second-order valence-corrected chi connectivity index (χ2v) is 4.64. The molecule has 1 amide bonds. The summed E-state index contributed by atoms with van der Waals surface area (Å²) in [4.78, 5) is 11.9. The molecule has 0 radical (unpaired) electrons. The maximum absolute atomic E-state index is 11.9. The first-order chi connectivity index (χ1) is 9.61. The van der Waals surface area contributed by atoms with Crippen LogP contribution in [-0.4, -0.2) is 23.2 Å². The van der Waals surface area contributed by atoms with Gasteiger partial charge in [-0.3, -0.25) is 4.79 Å². The molecule has 0 fully saturated rings. The monoisotopic (exact) mass is 311 g/mol. The molecule has 1 N–H and O–H groups in total. The average molecular weight is 312 g/mol. The fourth-order valence-electron chi connectivity index (χ4n) is 1.60. The van der Waals surface area contributed by atoms with Gasteiger partial charge in [0.05, 0.1) is 7.11 Å². The Morgan fingerprint density at radius 1 is 1.25 bits per heavy atom. The van der Waals surface area contributed by atoms with Gasteiger partial charge in [-0.15, -0.1) is 10.2 Å². The van der Waals surface area contributed by atoms with E-state index in [1.165, 1.54) is 12.1 Å². The van der Waals surface area contributed by atoms with E-state index in [1.807, 2.05) is 0 Å². The van der Waals surface area contributed by atoms with Crippen LogP contribution in [0.1, 0.15) is 16.1 Å². The molecule has 0 aliphatic heterocycles. The smallest absolute Gasteiger partial charge is 0.272 e. The Kier molecular flexibility index (Phi) is 4.76. The van der Waals surface area contributed by atoms with Crippen molar-refractivity contribution in [3.63, 3.8) is 0 Å². The summed E-state index contributed by atoms with van der Waals surface area (Å²) in [5.41, 5.74) is 0.882. The van der Waals surface area contributed by atoms with Crippen molar-refractivity contribution < 1.29 is 9.53 Å². The summed E-state index contributed by atoms with van der Waals surface area (Å²) < 4.78 is 5.20. The van der Waals surface area contributed by atoms with Crippen LogP contribution in [0.5, 0.6) is 5.75 Å². The highest BCUT2D eigenvalue weighted by molar-refractivity contribution is 6.31. The number of rotatable bonds is 4. The summed E-state index contributed by atoms with van der Waals surface area (Å²) in [6, 6.07) is 8.27. The number of nitrogens with one attached hydrogen (secondary N) is 1. The summed E-state index contributed by atoms with van der Waals surface area (Å²) >= 11 is 11.7. The Morgan fingerprint density at radius 3 is 2.70 bits per heavy atom. The van der Waals surface area contributed by atoms with Crippen LogP contribution in [0.15, 0.2) is 30.3 Å². The van der Waals surface area contributed by atoms with E-state index < -0.39 is 0 Å². The van der Waals surface area contributed by atoms with Gasteiger partial charge < -0.3 is 10.1 Å². The van der Waals surface area contributed by atoms with Gasteiger partial charge in [0.15, 0.2) is 10.8 Å². The molecule has 0 saturated carbocycles. The standard InChI is InChI=1S/C13H11Cl2N3O2/c1-20-11-4-2-3-9(14)8(11)7-16-13(19)10-5-6-12(15)18-17-10/h2-6H,7H2,1H3,(H,16,19). The minimum atomic E-state index is -0.365. The zero-order valence-corrected chi connectivity index (χ0v) is 12.1. The molecule has 0 aliphatic carbocycles. The van der Waals surface area contributed by atoms with Gasteiger partial charge in [-0.25, -0.2) is 0 Å². The van der Waals surface area contributed by atoms with Gasteiger partial charge in [0.1, 0.15) is 5.75 Å². The summed E-state index contributed by atoms with van der Waals surface area (Å²) in [6.45, 7) is 0.228. The van der Waals surface area contributed by atoms with Crippen molar-refractivity contribution in [2.45, 2.75) is 6.54 Å². The molecule has 1 aromatic carbocycles. The van der Waals surface area contributed by atoms with Crippen LogP contribution in [0.25, 0.3) is 0 Å². The number of aromatic nitrogens is 2. The molecule has 1 heterocycles. The van der Waals surface area contributed by atoms with Crippen LogP contribution in [-0.2, 0) is 6.54 Å². The van der Waals surface area contributed by atoms with Crippen LogP contribution in [0.3, 0.4) is 0 Å². The molecular weight excluding hydrogens is 301 g/mol. The molecule has 0 atom stereocenters. The number of hydrogen-bond donors (Lipinski definition) is 1. The molecule has 0 unspecified atom stereocenters. The Hall–Kier alpha value is -1.85. The van der Waals surface area contributed by atoms with Crippen molar-refractivity contribution in [3.05, 3.63) is 51.8 Å². The van der Waals surface area contributed by atoms with Gasteiger partial charge in [0, 0.05) is 17.1 Å². The molecule has 2 aromatic rings. The molecular formula is C13H11Cl2N3O2. The number of carbonyl (C=O) groups is 1. The predicted molar refractivity (Wildman–Crippen MR) is 76.2 cm³/mol. The summed E-state index contributed by atoms with van der Waals surface area (Å²) in [6.07, 6.45) is 0. The zero-order chi connectivity index (χ0) is 14.5. The predicted octanol–water partition coefficient (Wildman–Crippen LogP) is 2.72. The minimum absolute atomic E-state index is 0.181. The number of methoxy groups -OCH3 is 1. The first-order valence-corrected chi connectivity index (χ1v) is 6.46. The Morgan fingerprint density at radius 2 is 2.05 bits per heavy atom. The highest BCUT2D eigenvalue weighted by Gasteiger charge is 2.11. The Labute approximate surface area is 125 Å². The lowest BCUT2D eigenvalue weighted by molar-refractivity contribution is 0.0944. The van der Waals surface area contributed by atoms with E-state index in [4.69, 9.17) is 27.9 Å². The van der Waals surface area contributed by atoms with Crippen molar-refractivity contribution in [2.75, 3.05) is 7.11 Å². The molecule has 1 aromatic heterocycles. The normalized spacial score (nSPS) is 10.2. The number of halogens is 2. The molecule has 0 spiro atoms. The highest BCUT2D eigenvalue weighted by atomic mass is 35.5. The van der Waals surface area contributed by atoms with E-state index in [0.29, 0.717) is 16.3 Å². The molecule has 5 nitrogen and oxygen atoms in total. The molecule has 0 saturated heterocycles. The lowest BCUT2D eigenvalue weighted by Crippen LogP contribution is -2.24.